The predicted octanol–water partition coefficient (Wildman–Crippen LogP) is 6.45. The second-order valence-electron chi connectivity index (χ2n) is 7.51. The van der Waals surface area contributed by atoms with Gasteiger partial charge in [0.1, 0.15) is 0 Å². The summed E-state index contributed by atoms with van der Waals surface area (Å²) in [6.45, 7) is 12.8. The van der Waals surface area contributed by atoms with Crippen LogP contribution in [0.5, 0.6) is 0 Å². The molecule has 3 aromatic rings. The van der Waals surface area contributed by atoms with Gasteiger partial charge in [0.25, 0.3) is 0 Å². The van der Waals surface area contributed by atoms with Gasteiger partial charge in [-0.15, -0.1) is 0 Å². The van der Waals surface area contributed by atoms with E-state index in [1.807, 2.05) is 13.1 Å². The van der Waals surface area contributed by atoms with E-state index in [9.17, 15) is 0 Å². The van der Waals surface area contributed by atoms with Gasteiger partial charge in [-0.05, 0) is 81.5 Å². The Labute approximate surface area is 163 Å². The standard InChI is InChI=1S/C26H27N/c1-17-7-8-18(2)26(13-17)19(3)9-11-23-15-25(14-20(4)22(23)6)24-12-10-21(5)27-16-24/h7-8,10,12-16,19H,1-6H3/t19-/m0/s1. The van der Waals surface area contributed by atoms with Crippen molar-refractivity contribution in [2.24, 2.45) is 0 Å². The molecule has 27 heavy (non-hydrogen) atoms. The van der Waals surface area contributed by atoms with Gasteiger partial charge in [-0.25, -0.2) is 0 Å². The zero-order valence-electron chi connectivity index (χ0n) is 17.1. The van der Waals surface area contributed by atoms with Gasteiger partial charge in [0.05, 0.1) is 0 Å². The van der Waals surface area contributed by atoms with Crippen LogP contribution < -0.4 is 0 Å². The Kier molecular flexibility index (Phi) is 5.47. The van der Waals surface area contributed by atoms with Crippen LogP contribution in [0.25, 0.3) is 11.1 Å². The highest BCUT2D eigenvalue weighted by atomic mass is 14.7. The second kappa shape index (κ2) is 7.80. The third kappa shape index (κ3) is 4.29. The van der Waals surface area contributed by atoms with Gasteiger partial charge in [0.15, 0.2) is 0 Å². The summed E-state index contributed by atoms with van der Waals surface area (Å²) in [5, 5.41) is 0. The van der Waals surface area contributed by atoms with Gasteiger partial charge in [-0.1, -0.05) is 47.7 Å². The summed E-state index contributed by atoms with van der Waals surface area (Å²) in [7, 11) is 0. The topological polar surface area (TPSA) is 12.9 Å². The first-order chi connectivity index (χ1) is 12.8. The number of nitrogens with zero attached hydrogens (tertiary/aromatic N) is 1. The molecule has 2 aromatic carbocycles. The monoisotopic (exact) mass is 353 g/mol. The lowest BCUT2D eigenvalue weighted by atomic mass is 9.93. The number of hydrogen-bond acceptors (Lipinski definition) is 1. The molecule has 0 aliphatic heterocycles. The van der Waals surface area contributed by atoms with Crippen LogP contribution in [0.15, 0.2) is 48.7 Å². The molecule has 3 rings (SSSR count). The summed E-state index contributed by atoms with van der Waals surface area (Å²) in [6.07, 6.45) is 1.94. The molecular formula is C26H27N. The van der Waals surface area contributed by atoms with Crippen LogP contribution in [0.2, 0.25) is 0 Å². The summed E-state index contributed by atoms with van der Waals surface area (Å²) < 4.78 is 0. The highest BCUT2D eigenvalue weighted by Crippen LogP contribution is 2.25. The highest BCUT2D eigenvalue weighted by Gasteiger charge is 2.08. The van der Waals surface area contributed by atoms with Crippen LogP contribution in [0.3, 0.4) is 0 Å². The van der Waals surface area contributed by atoms with Crippen LogP contribution in [0, 0.1) is 46.5 Å². The van der Waals surface area contributed by atoms with Crippen molar-refractivity contribution >= 4 is 0 Å². The zero-order chi connectivity index (χ0) is 19.6. The Morgan fingerprint density at radius 1 is 0.815 bits per heavy atom. The number of benzene rings is 2. The SMILES string of the molecule is Cc1ccc(C)c([C@@H](C)C#Cc2cc(-c3ccc(C)nc3)cc(C)c2C)c1. The van der Waals surface area contributed by atoms with Crippen molar-refractivity contribution in [1.82, 2.24) is 4.98 Å². The molecule has 0 aliphatic carbocycles. The number of aryl methyl sites for hydroxylation is 4. The molecule has 1 atom stereocenters. The summed E-state index contributed by atoms with van der Waals surface area (Å²) in [6, 6.07) is 15.2. The van der Waals surface area contributed by atoms with E-state index in [0.29, 0.717) is 0 Å². The van der Waals surface area contributed by atoms with E-state index in [1.54, 1.807) is 0 Å². The Hall–Kier alpha value is -2.85. The van der Waals surface area contributed by atoms with Crippen molar-refractivity contribution in [3.05, 3.63) is 87.7 Å². The van der Waals surface area contributed by atoms with Gasteiger partial charge < -0.3 is 0 Å². The van der Waals surface area contributed by atoms with E-state index in [1.165, 1.54) is 33.4 Å². The van der Waals surface area contributed by atoms with Crippen molar-refractivity contribution in [3.63, 3.8) is 0 Å². The van der Waals surface area contributed by atoms with Crippen molar-refractivity contribution in [3.8, 4) is 23.0 Å². The van der Waals surface area contributed by atoms with E-state index in [4.69, 9.17) is 0 Å². The minimum absolute atomic E-state index is 0.203. The molecule has 0 fully saturated rings. The van der Waals surface area contributed by atoms with E-state index < -0.39 is 0 Å². The van der Waals surface area contributed by atoms with Crippen molar-refractivity contribution in [2.45, 2.75) is 47.5 Å². The number of hydrogen-bond donors (Lipinski definition) is 0. The maximum atomic E-state index is 4.43. The van der Waals surface area contributed by atoms with Crippen LogP contribution in [0.1, 0.15) is 51.9 Å². The third-order valence-electron chi connectivity index (χ3n) is 5.24. The molecule has 1 heterocycles. The maximum Gasteiger partial charge on any atom is 0.0430 e. The maximum absolute atomic E-state index is 4.43. The molecule has 0 amide bonds. The van der Waals surface area contributed by atoms with Crippen molar-refractivity contribution in [1.29, 1.82) is 0 Å². The van der Waals surface area contributed by atoms with E-state index >= 15 is 0 Å². The second-order valence-corrected chi connectivity index (χ2v) is 7.51. The lowest BCUT2D eigenvalue weighted by molar-refractivity contribution is 0.982. The van der Waals surface area contributed by atoms with Crippen molar-refractivity contribution in [2.75, 3.05) is 0 Å². The number of aromatic nitrogens is 1. The summed E-state index contributed by atoms with van der Waals surface area (Å²) >= 11 is 0. The minimum atomic E-state index is 0.203. The molecule has 0 saturated carbocycles. The molecule has 136 valence electrons. The fourth-order valence-electron chi connectivity index (χ4n) is 3.28. The quantitative estimate of drug-likeness (QED) is 0.483. The van der Waals surface area contributed by atoms with E-state index in [0.717, 1.165) is 16.8 Å². The average Bonchev–Trinajstić information content (AvgIpc) is 2.65. The van der Waals surface area contributed by atoms with Crippen LogP contribution in [0.4, 0.5) is 0 Å². The molecule has 0 bridgehead atoms. The van der Waals surface area contributed by atoms with Gasteiger partial charge in [0, 0.05) is 28.9 Å². The van der Waals surface area contributed by atoms with Crippen LogP contribution in [-0.4, -0.2) is 4.98 Å². The Balaban J connectivity index is 1.99. The first-order valence-corrected chi connectivity index (χ1v) is 9.48. The average molecular weight is 354 g/mol. The largest absolute Gasteiger partial charge is 0.261 e. The normalized spacial score (nSPS) is 11.6. The lowest BCUT2D eigenvalue weighted by Crippen LogP contribution is -1.96. The number of pyridine rings is 1. The molecule has 0 spiro atoms. The molecule has 0 N–H and O–H groups in total. The lowest BCUT2D eigenvalue weighted by Gasteiger charge is -2.11. The number of rotatable bonds is 2. The van der Waals surface area contributed by atoms with Crippen molar-refractivity contribution < 1.29 is 0 Å². The molecule has 0 aliphatic rings. The first kappa shape index (κ1) is 18.9. The molecule has 0 unspecified atom stereocenters. The molecule has 1 heteroatoms. The van der Waals surface area contributed by atoms with Gasteiger partial charge >= 0.3 is 0 Å². The third-order valence-corrected chi connectivity index (χ3v) is 5.24. The molecule has 0 saturated heterocycles. The molecule has 0 radical (unpaired) electrons. The smallest absolute Gasteiger partial charge is 0.0430 e. The molecule has 1 nitrogen and oxygen atoms in total. The van der Waals surface area contributed by atoms with Gasteiger partial charge in [-0.2, -0.15) is 0 Å². The molecule has 1 aromatic heterocycles. The van der Waals surface area contributed by atoms with Crippen LogP contribution in [-0.2, 0) is 0 Å². The molecular weight excluding hydrogens is 326 g/mol. The van der Waals surface area contributed by atoms with Gasteiger partial charge in [0.2, 0.25) is 0 Å². The van der Waals surface area contributed by atoms with Crippen LogP contribution >= 0.6 is 0 Å². The fraction of sp³-hybridized carbons (Fsp3) is 0.269. The summed E-state index contributed by atoms with van der Waals surface area (Å²) in [5.74, 6) is 7.13. The first-order valence-electron chi connectivity index (χ1n) is 9.48. The Morgan fingerprint density at radius 2 is 1.59 bits per heavy atom. The summed E-state index contributed by atoms with van der Waals surface area (Å²) in [5.41, 5.74) is 10.9. The Bertz CT molecular complexity index is 1030. The summed E-state index contributed by atoms with van der Waals surface area (Å²) in [4.78, 5) is 4.43. The predicted molar refractivity (Wildman–Crippen MR) is 115 cm³/mol. The minimum Gasteiger partial charge on any atom is -0.261 e. The van der Waals surface area contributed by atoms with E-state index in [2.05, 4.69) is 93.9 Å². The van der Waals surface area contributed by atoms with Gasteiger partial charge in [-0.3, -0.25) is 4.98 Å². The highest BCUT2D eigenvalue weighted by molar-refractivity contribution is 5.67. The Morgan fingerprint density at radius 3 is 2.30 bits per heavy atom. The fourth-order valence-corrected chi connectivity index (χ4v) is 3.28. The van der Waals surface area contributed by atoms with E-state index in [-0.39, 0.29) is 5.92 Å². The zero-order valence-corrected chi connectivity index (χ0v) is 17.1.